The highest BCUT2D eigenvalue weighted by Gasteiger charge is 2.18. The molecule has 3 rings (SSSR count). The molecule has 0 unspecified atom stereocenters. The second kappa shape index (κ2) is 5.97. The van der Waals surface area contributed by atoms with Crippen LogP contribution in [0.25, 0.3) is 0 Å². The van der Waals surface area contributed by atoms with Gasteiger partial charge in [-0.3, -0.25) is 4.79 Å². The lowest BCUT2D eigenvalue weighted by atomic mass is 10.2. The highest BCUT2D eigenvalue weighted by molar-refractivity contribution is 6.06. The normalized spacial score (nSPS) is 15.0. The van der Waals surface area contributed by atoms with Crippen LogP contribution < -0.4 is 10.2 Å². The molecule has 6 heteroatoms. The van der Waals surface area contributed by atoms with Crippen LogP contribution in [0.5, 0.6) is 0 Å². The average molecular weight is 287 g/mol. The summed E-state index contributed by atoms with van der Waals surface area (Å²) < 4.78 is 10.2. The molecule has 0 radical (unpaired) electrons. The van der Waals surface area contributed by atoms with E-state index in [4.69, 9.17) is 9.26 Å². The minimum Gasteiger partial charge on any atom is -0.378 e. The summed E-state index contributed by atoms with van der Waals surface area (Å²) in [4.78, 5) is 14.5. The van der Waals surface area contributed by atoms with E-state index in [1.165, 1.54) is 6.26 Å². The molecule has 110 valence electrons. The quantitative estimate of drug-likeness (QED) is 0.936. The van der Waals surface area contributed by atoms with Crippen molar-refractivity contribution in [2.75, 3.05) is 36.5 Å². The lowest BCUT2D eigenvalue weighted by Crippen LogP contribution is -2.36. The minimum atomic E-state index is -0.213. The molecule has 0 aliphatic carbocycles. The van der Waals surface area contributed by atoms with Crippen molar-refractivity contribution >= 4 is 17.3 Å². The number of carbonyl (C=O) groups excluding carboxylic acids is 1. The van der Waals surface area contributed by atoms with Crippen LogP contribution in [0.1, 0.15) is 16.1 Å². The van der Waals surface area contributed by atoms with Gasteiger partial charge in [-0.1, -0.05) is 17.3 Å². The molecule has 2 aromatic rings. The Balaban J connectivity index is 1.82. The molecule has 1 aromatic heterocycles. The maximum absolute atomic E-state index is 12.3. The maximum atomic E-state index is 12.3. The van der Waals surface area contributed by atoms with Gasteiger partial charge in [0.15, 0.2) is 0 Å². The van der Waals surface area contributed by atoms with Crippen molar-refractivity contribution in [1.29, 1.82) is 0 Å². The van der Waals surface area contributed by atoms with Gasteiger partial charge in [0.05, 0.1) is 30.3 Å². The van der Waals surface area contributed by atoms with Gasteiger partial charge in [-0.2, -0.15) is 0 Å². The predicted octanol–water partition coefficient (Wildman–Crippen LogP) is 2.07. The van der Waals surface area contributed by atoms with Crippen molar-refractivity contribution < 1.29 is 14.1 Å². The number of carbonyl (C=O) groups is 1. The summed E-state index contributed by atoms with van der Waals surface area (Å²) in [7, 11) is 0. The molecule has 0 saturated carbocycles. The van der Waals surface area contributed by atoms with Crippen LogP contribution in [0, 0.1) is 6.92 Å². The monoisotopic (exact) mass is 287 g/mol. The Bertz CT molecular complexity index is 633. The summed E-state index contributed by atoms with van der Waals surface area (Å²) in [5.74, 6) is -0.213. The van der Waals surface area contributed by atoms with Gasteiger partial charge in [-0.25, -0.2) is 0 Å². The van der Waals surface area contributed by atoms with Gasteiger partial charge in [0.2, 0.25) is 0 Å². The third kappa shape index (κ3) is 2.90. The third-order valence-electron chi connectivity index (χ3n) is 3.50. The Hall–Kier alpha value is -2.34. The van der Waals surface area contributed by atoms with E-state index in [1.54, 1.807) is 6.92 Å². The average Bonchev–Trinajstić information content (AvgIpc) is 2.95. The van der Waals surface area contributed by atoms with Crippen LogP contribution in [0.15, 0.2) is 35.1 Å². The van der Waals surface area contributed by atoms with Gasteiger partial charge < -0.3 is 19.5 Å². The number of hydrogen-bond donors (Lipinski definition) is 1. The Morgan fingerprint density at radius 2 is 2.05 bits per heavy atom. The molecule has 1 saturated heterocycles. The van der Waals surface area contributed by atoms with Crippen molar-refractivity contribution in [3.05, 3.63) is 41.8 Å². The standard InChI is InChI=1S/C15H17N3O3/c1-11-12(10-21-17-11)15(19)16-13-4-2-3-5-14(13)18-6-8-20-9-7-18/h2-5,10H,6-9H2,1H3,(H,16,19). The second-order valence-electron chi connectivity index (χ2n) is 4.88. The first kappa shape index (κ1) is 13.6. The largest absolute Gasteiger partial charge is 0.378 e. The number of rotatable bonds is 3. The van der Waals surface area contributed by atoms with Crippen LogP contribution >= 0.6 is 0 Å². The Morgan fingerprint density at radius 1 is 1.29 bits per heavy atom. The van der Waals surface area contributed by atoms with Gasteiger partial charge in [-0.15, -0.1) is 0 Å². The predicted molar refractivity (Wildman–Crippen MR) is 78.7 cm³/mol. The first-order chi connectivity index (χ1) is 10.3. The SMILES string of the molecule is Cc1nocc1C(=O)Nc1ccccc1N1CCOCC1. The fourth-order valence-corrected chi connectivity index (χ4v) is 2.36. The second-order valence-corrected chi connectivity index (χ2v) is 4.88. The molecule has 6 nitrogen and oxygen atoms in total. The third-order valence-corrected chi connectivity index (χ3v) is 3.50. The summed E-state index contributed by atoms with van der Waals surface area (Å²) >= 11 is 0. The van der Waals surface area contributed by atoms with Crippen LogP contribution in [0.2, 0.25) is 0 Å². The molecule has 1 aromatic carbocycles. The number of nitrogens with one attached hydrogen (secondary N) is 1. The molecule has 1 N–H and O–H groups in total. The Kier molecular flexibility index (Phi) is 3.87. The molecular formula is C15H17N3O3. The molecular weight excluding hydrogens is 270 g/mol. The number of anilines is 2. The summed E-state index contributed by atoms with van der Waals surface area (Å²) in [6.07, 6.45) is 1.36. The molecule has 2 heterocycles. The van der Waals surface area contributed by atoms with Crippen LogP contribution in [0.3, 0.4) is 0 Å². The smallest absolute Gasteiger partial charge is 0.260 e. The first-order valence-electron chi connectivity index (χ1n) is 6.90. The lowest BCUT2D eigenvalue weighted by molar-refractivity contribution is 0.102. The minimum absolute atomic E-state index is 0.213. The highest BCUT2D eigenvalue weighted by atomic mass is 16.5. The molecule has 0 atom stereocenters. The van der Waals surface area contributed by atoms with Gasteiger partial charge in [0.1, 0.15) is 11.8 Å². The van der Waals surface area contributed by atoms with E-state index >= 15 is 0 Å². The Morgan fingerprint density at radius 3 is 2.76 bits per heavy atom. The molecule has 1 aliphatic rings. The number of benzene rings is 1. The number of aromatic nitrogens is 1. The van der Waals surface area contributed by atoms with E-state index in [0.717, 1.165) is 24.5 Å². The number of morpholine rings is 1. The topological polar surface area (TPSA) is 67.6 Å². The molecule has 0 bridgehead atoms. The Labute approximate surface area is 122 Å². The summed E-state index contributed by atoms with van der Waals surface area (Å²) in [5.41, 5.74) is 2.82. The van der Waals surface area contributed by atoms with E-state index in [-0.39, 0.29) is 5.91 Å². The fraction of sp³-hybridized carbons (Fsp3) is 0.333. The number of amides is 1. The lowest BCUT2D eigenvalue weighted by Gasteiger charge is -2.30. The van der Waals surface area contributed by atoms with E-state index < -0.39 is 0 Å². The zero-order chi connectivity index (χ0) is 14.7. The highest BCUT2D eigenvalue weighted by Crippen LogP contribution is 2.27. The number of hydrogen-bond acceptors (Lipinski definition) is 5. The fourth-order valence-electron chi connectivity index (χ4n) is 2.36. The molecule has 1 aliphatic heterocycles. The molecule has 0 spiro atoms. The van der Waals surface area contributed by atoms with Crippen LogP contribution in [0.4, 0.5) is 11.4 Å². The molecule has 21 heavy (non-hydrogen) atoms. The van der Waals surface area contributed by atoms with Crippen molar-refractivity contribution in [2.24, 2.45) is 0 Å². The van der Waals surface area contributed by atoms with Gasteiger partial charge in [0, 0.05) is 13.1 Å². The van der Waals surface area contributed by atoms with Gasteiger partial charge in [0.25, 0.3) is 5.91 Å². The van der Waals surface area contributed by atoms with Gasteiger partial charge >= 0.3 is 0 Å². The zero-order valence-electron chi connectivity index (χ0n) is 11.8. The van der Waals surface area contributed by atoms with Crippen molar-refractivity contribution in [1.82, 2.24) is 5.16 Å². The number of nitrogens with zero attached hydrogens (tertiary/aromatic N) is 2. The summed E-state index contributed by atoms with van der Waals surface area (Å²) in [5, 5.41) is 6.66. The van der Waals surface area contributed by atoms with Gasteiger partial charge in [-0.05, 0) is 19.1 Å². The van der Waals surface area contributed by atoms with Crippen molar-refractivity contribution in [3.63, 3.8) is 0 Å². The van der Waals surface area contributed by atoms with E-state index in [9.17, 15) is 4.79 Å². The van der Waals surface area contributed by atoms with Crippen LogP contribution in [-0.2, 0) is 4.74 Å². The van der Waals surface area contributed by atoms with E-state index in [2.05, 4.69) is 15.4 Å². The molecule has 1 amide bonds. The number of ether oxygens (including phenoxy) is 1. The number of para-hydroxylation sites is 2. The molecule has 1 fully saturated rings. The van der Waals surface area contributed by atoms with E-state index in [0.29, 0.717) is 24.5 Å². The van der Waals surface area contributed by atoms with Crippen molar-refractivity contribution in [2.45, 2.75) is 6.92 Å². The number of aryl methyl sites for hydroxylation is 1. The summed E-state index contributed by atoms with van der Waals surface area (Å²) in [6.45, 7) is 4.78. The maximum Gasteiger partial charge on any atom is 0.260 e. The first-order valence-corrected chi connectivity index (χ1v) is 6.90. The van der Waals surface area contributed by atoms with E-state index in [1.807, 2.05) is 24.3 Å². The zero-order valence-corrected chi connectivity index (χ0v) is 11.8. The summed E-state index contributed by atoms with van der Waals surface area (Å²) in [6, 6.07) is 7.76. The van der Waals surface area contributed by atoms with Crippen molar-refractivity contribution in [3.8, 4) is 0 Å². The van der Waals surface area contributed by atoms with Crippen LogP contribution in [-0.4, -0.2) is 37.4 Å².